The maximum Gasteiger partial charge on any atom is 0.0632 e. The van der Waals surface area contributed by atoms with Crippen LogP contribution in [-0.2, 0) is 0 Å². The van der Waals surface area contributed by atoms with E-state index in [1.165, 1.54) is 5.56 Å². The normalized spacial score (nSPS) is 12.5. The van der Waals surface area contributed by atoms with Gasteiger partial charge in [-0.15, -0.1) is 0 Å². The van der Waals surface area contributed by atoms with E-state index in [1.54, 1.807) is 0 Å². The Balaban J connectivity index is 2.58. The molecule has 0 aliphatic carbocycles. The van der Waals surface area contributed by atoms with Crippen LogP contribution in [0, 0.1) is 6.92 Å². The largest absolute Gasteiger partial charge is 0.394 e. The molecule has 72 valence electrons. The molecule has 2 nitrogen and oxygen atoms in total. The predicted molar refractivity (Wildman–Crippen MR) is 56.0 cm³/mol. The van der Waals surface area contributed by atoms with Crippen molar-refractivity contribution >= 4 is 5.69 Å². The van der Waals surface area contributed by atoms with Gasteiger partial charge in [0.2, 0.25) is 0 Å². The number of rotatable bonds is 4. The van der Waals surface area contributed by atoms with E-state index < -0.39 is 0 Å². The van der Waals surface area contributed by atoms with Gasteiger partial charge >= 0.3 is 0 Å². The van der Waals surface area contributed by atoms with Crippen molar-refractivity contribution in [2.45, 2.75) is 26.3 Å². The Bertz CT molecular complexity index is 239. The van der Waals surface area contributed by atoms with Gasteiger partial charge < -0.3 is 10.4 Å². The molecule has 2 heteroatoms. The zero-order valence-electron chi connectivity index (χ0n) is 8.25. The van der Waals surface area contributed by atoms with E-state index in [0.717, 1.165) is 12.1 Å². The molecule has 1 aromatic carbocycles. The predicted octanol–water partition coefficient (Wildman–Crippen LogP) is 2.18. The Morgan fingerprint density at radius 1 is 1.31 bits per heavy atom. The summed E-state index contributed by atoms with van der Waals surface area (Å²) in [6, 6.07) is 8.36. The van der Waals surface area contributed by atoms with Gasteiger partial charge in [-0.05, 0) is 25.5 Å². The molecule has 0 aromatic heterocycles. The quantitative estimate of drug-likeness (QED) is 0.742. The number of aliphatic hydroxyl groups excluding tert-OH is 1. The summed E-state index contributed by atoms with van der Waals surface area (Å²) in [5.74, 6) is 0. The SMILES string of the molecule is CCC(CO)Nc1ccc(C)cc1. The van der Waals surface area contributed by atoms with Gasteiger partial charge in [0, 0.05) is 11.7 Å². The van der Waals surface area contributed by atoms with Crippen LogP contribution >= 0.6 is 0 Å². The standard InChI is InChI=1S/C11H17NO/c1-3-10(8-13)12-11-6-4-9(2)5-7-11/h4-7,10,12-13H,3,8H2,1-2H3. The Morgan fingerprint density at radius 2 is 1.92 bits per heavy atom. The highest BCUT2D eigenvalue weighted by Crippen LogP contribution is 2.10. The van der Waals surface area contributed by atoms with Crippen LogP contribution in [0.5, 0.6) is 0 Å². The molecule has 0 heterocycles. The first-order chi connectivity index (χ1) is 6.26. The molecule has 1 atom stereocenters. The molecule has 0 saturated heterocycles. The van der Waals surface area contributed by atoms with E-state index in [-0.39, 0.29) is 12.6 Å². The van der Waals surface area contributed by atoms with Crippen molar-refractivity contribution in [3.8, 4) is 0 Å². The lowest BCUT2D eigenvalue weighted by Crippen LogP contribution is -2.22. The molecule has 13 heavy (non-hydrogen) atoms. The summed E-state index contributed by atoms with van der Waals surface area (Å²) < 4.78 is 0. The van der Waals surface area contributed by atoms with Crippen LogP contribution in [0.25, 0.3) is 0 Å². The first kappa shape index (κ1) is 10.1. The Labute approximate surface area is 79.6 Å². The summed E-state index contributed by atoms with van der Waals surface area (Å²) in [6.07, 6.45) is 0.935. The van der Waals surface area contributed by atoms with E-state index in [0.29, 0.717) is 0 Å². The van der Waals surface area contributed by atoms with Gasteiger partial charge in [0.15, 0.2) is 0 Å². The van der Waals surface area contributed by atoms with Crippen LogP contribution in [0.1, 0.15) is 18.9 Å². The summed E-state index contributed by atoms with van der Waals surface area (Å²) in [7, 11) is 0. The van der Waals surface area contributed by atoms with Crippen LogP contribution in [0.2, 0.25) is 0 Å². The molecule has 1 unspecified atom stereocenters. The second-order valence-corrected chi connectivity index (χ2v) is 3.30. The smallest absolute Gasteiger partial charge is 0.0632 e. The molecule has 0 saturated carbocycles. The summed E-state index contributed by atoms with van der Waals surface area (Å²) in [5, 5.41) is 12.2. The Hall–Kier alpha value is -1.02. The third-order valence-electron chi connectivity index (χ3n) is 2.14. The van der Waals surface area contributed by atoms with Gasteiger partial charge in [0.1, 0.15) is 0 Å². The van der Waals surface area contributed by atoms with Crippen molar-refractivity contribution in [3.63, 3.8) is 0 Å². The fourth-order valence-electron chi connectivity index (χ4n) is 1.16. The number of hydrogen-bond acceptors (Lipinski definition) is 2. The molecule has 1 aromatic rings. The zero-order valence-corrected chi connectivity index (χ0v) is 8.25. The lowest BCUT2D eigenvalue weighted by Gasteiger charge is -2.15. The molecule has 1 rings (SSSR count). The van der Waals surface area contributed by atoms with E-state index in [4.69, 9.17) is 5.11 Å². The molecular formula is C11H17NO. The van der Waals surface area contributed by atoms with Crippen molar-refractivity contribution in [2.75, 3.05) is 11.9 Å². The monoisotopic (exact) mass is 179 g/mol. The van der Waals surface area contributed by atoms with Gasteiger partial charge in [-0.2, -0.15) is 0 Å². The molecule has 0 fully saturated rings. The topological polar surface area (TPSA) is 32.3 Å². The maximum absolute atomic E-state index is 8.98. The number of aliphatic hydroxyl groups is 1. The summed E-state index contributed by atoms with van der Waals surface area (Å²) in [5.41, 5.74) is 2.33. The Kier molecular flexibility index (Phi) is 3.77. The molecule has 0 bridgehead atoms. The van der Waals surface area contributed by atoms with Crippen LogP contribution in [0.3, 0.4) is 0 Å². The fraction of sp³-hybridized carbons (Fsp3) is 0.455. The molecular weight excluding hydrogens is 162 g/mol. The third-order valence-corrected chi connectivity index (χ3v) is 2.14. The highest BCUT2D eigenvalue weighted by atomic mass is 16.3. The van der Waals surface area contributed by atoms with E-state index in [2.05, 4.69) is 31.3 Å². The second-order valence-electron chi connectivity index (χ2n) is 3.30. The van der Waals surface area contributed by atoms with Crippen molar-refractivity contribution in [1.82, 2.24) is 0 Å². The number of anilines is 1. The number of aryl methyl sites for hydroxylation is 1. The van der Waals surface area contributed by atoms with Gasteiger partial charge in [-0.25, -0.2) is 0 Å². The third kappa shape index (κ3) is 3.07. The van der Waals surface area contributed by atoms with Gasteiger partial charge in [0.05, 0.1) is 6.61 Å². The van der Waals surface area contributed by atoms with Crippen molar-refractivity contribution in [3.05, 3.63) is 29.8 Å². The number of hydrogen-bond donors (Lipinski definition) is 2. The first-order valence-electron chi connectivity index (χ1n) is 4.70. The van der Waals surface area contributed by atoms with Crippen molar-refractivity contribution < 1.29 is 5.11 Å². The summed E-state index contributed by atoms with van der Waals surface area (Å²) >= 11 is 0. The number of nitrogens with one attached hydrogen (secondary N) is 1. The average molecular weight is 179 g/mol. The maximum atomic E-state index is 8.98. The molecule has 0 aliphatic rings. The Morgan fingerprint density at radius 3 is 2.38 bits per heavy atom. The van der Waals surface area contributed by atoms with Crippen molar-refractivity contribution in [2.24, 2.45) is 0 Å². The van der Waals surface area contributed by atoms with Crippen molar-refractivity contribution in [1.29, 1.82) is 0 Å². The molecule has 0 amide bonds. The lowest BCUT2D eigenvalue weighted by atomic mass is 10.2. The first-order valence-corrected chi connectivity index (χ1v) is 4.70. The van der Waals surface area contributed by atoms with Crippen LogP contribution in [-0.4, -0.2) is 17.8 Å². The van der Waals surface area contributed by atoms with Gasteiger partial charge in [-0.3, -0.25) is 0 Å². The summed E-state index contributed by atoms with van der Waals surface area (Å²) in [4.78, 5) is 0. The number of benzene rings is 1. The second kappa shape index (κ2) is 4.87. The van der Waals surface area contributed by atoms with E-state index in [1.807, 2.05) is 12.1 Å². The van der Waals surface area contributed by atoms with Gasteiger partial charge in [0.25, 0.3) is 0 Å². The minimum Gasteiger partial charge on any atom is -0.394 e. The van der Waals surface area contributed by atoms with E-state index >= 15 is 0 Å². The molecule has 0 spiro atoms. The van der Waals surface area contributed by atoms with Crippen LogP contribution in [0.4, 0.5) is 5.69 Å². The minimum atomic E-state index is 0.169. The lowest BCUT2D eigenvalue weighted by molar-refractivity contribution is 0.272. The summed E-state index contributed by atoms with van der Waals surface area (Å²) in [6.45, 7) is 4.31. The molecule has 0 aliphatic heterocycles. The highest BCUT2D eigenvalue weighted by Gasteiger charge is 2.02. The minimum absolute atomic E-state index is 0.169. The highest BCUT2D eigenvalue weighted by molar-refractivity contribution is 5.45. The van der Waals surface area contributed by atoms with Crippen LogP contribution in [0.15, 0.2) is 24.3 Å². The van der Waals surface area contributed by atoms with Gasteiger partial charge in [-0.1, -0.05) is 24.6 Å². The van der Waals surface area contributed by atoms with E-state index in [9.17, 15) is 0 Å². The van der Waals surface area contributed by atoms with Crippen LogP contribution < -0.4 is 5.32 Å². The zero-order chi connectivity index (χ0) is 9.68. The molecule has 0 radical (unpaired) electrons. The average Bonchev–Trinajstić information content (AvgIpc) is 2.17. The molecule has 2 N–H and O–H groups in total. The fourth-order valence-corrected chi connectivity index (χ4v) is 1.16.